The highest BCUT2D eigenvalue weighted by Crippen LogP contribution is 2.32. The van der Waals surface area contributed by atoms with Crippen molar-refractivity contribution in [3.63, 3.8) is 0 Å². The van der Waals surface area contributed by atoms with Gasteiger partial charge in [0.1, 0.15) is 11.5 Å². The van der Waals surface area contributed by atoms with Crippen LogP contribution in [0.4, 0.5) is 5.69 Å². The number of nitrogens with one attached hydrogen (secondary N) is 1. The van der Waals surface area contributed by atoms with Crippen molar-refractivity contribution in [2.45, 2.75) is 12.5 Å². The average molecular weight is 323 g/mol. The van der Waals surface area contributed by atoms with E-state index >= 15 is 0 Å². The SMILES string of the molecule is O=C(O)C1=CC=CCC1Nc1ccc(-c2cccc(O)c2)cc1O. The van der Waals surface area contributed by atoms with Crippen molar-refractivity contribution < 1.29 is 20.1 Å². The molecule has 4 N–H and O–H groups in total. The molecule has 0 aliphatic heterocycles. The van der Waals surface area contributed by atoms with E-state index in [0.29, 0.717) is 12.1 Å². The predicted molar refractivity (Wildman–Crippen MR) is 92.1 cm³/mol. The van der Waals surface area contributed by atoms with Gasteiger partial charge in [0.05, 0.1) is 17.3 Å². The van der Waals surface area contributed by atoms with Gasteiger partial charge in [-0.25, -0.2) is 4.79 Å². The molecule has 0 saturated heterocycles. The van der Waals surface area contributed by atoms with Crippen LogP contribution in [0, 0.1) is 0 Å². The Labute approximate surface area is 139 Å². The fourth-order valence-corrected chi connectivity index (χ4v) is 2.69. The van der Waals surface area contributed by atoms with Gasteiger partial charge in [-0.2, -0.15) is 0 Å². The third-order valence-corrected chi connectivity index (χ3v) is 3.91. The third-order valence-electron chi connectivity index (χ3n) is 3.91. The van der Waals surface area contributed by atoms with Crippen LogP contribution in [0.25, 0.3) is 11.1 Å². The van der Waals surface area contributed by atoms with Crippen LogP contribution >= 0.6 is 0 Å². The van der Waals surface area contributed by atoms with Gasteiger partial charge in [-0.05, 0) is 47.9 Å². The maximum absolute atomic E-state index is 11.3. The molecule has 2 aromatic rings. The molecule has 1 aliphatic carbocycles. The quantitative estimate of drug-likeness (QED) is 0.647. The van der Waals surface area contributed by atoms with Crippen molar-refractivity contribution in [3.05, 3.63) is 66.3 Å². The highest BCUT2D eigenvalue weighted by molar-refractivity contribution is 5.89. The topological polar surface area (TPSA) is 89.8 Å². The minimum Gasteiger partial charge on any atom is -0.508 e. The van der Waals surface area contributed by atoms with E-state index in [1.807, 2.05) is 12.1 Å². The lowest BCUT2D eigenvalue weighted by atomic mass is 9.98. The van der Waals surface area contributed by atoms with E-state index in [9.17, 15) is 20.1 Å². The molecule has 5 heteroatoms. The number of phenols is 2. The fraction of sp³-hybridized carbons (Fsp3) is 0.105. The molecule has 1 atom stereocenters. The second-order valence-corrected chi connectivity index (χ2v) is 5.57. The molecule has 3 rings (SSSR count). The molecule has 0 saturated carbocycles. The molecule has 0 bridgehead atoms. The summed E-state index contributed by atoms with van der Waals surface area (Å²) in [6.45, 7) is 0. The van der Waals surface area contributed by atoms with E-state index in [2.05, 4.69) is 5.32 Å². The number of carboxylic acids is 1. The van der Waals surface area contributed by atoms with Crippen LogP contribution in [0.5, 0.6) is 11.5 Å². The number of allylic oxidation sites excluding steroid dienone is 2. The zero-order chi connectivity index (χ0) is 17.1. The van der Waals surface area contributed by atoms with Crippen LogP contribution in [0.15, 0.2) is 66.3 Å². The van der Waals surface area contributed by atoms with Gasteiger partial charge in [-0.15, -0.1) is 0 Å². The number of carboxylic acid groups (broad SMARTS) is 1. The van der Waals surface area contributed by atoms with Crippen molar-refractivity contribution in [1.82, 2.24) is 0 Å². The van der Waals surface area contributed by atoms with Gasteiger partial charge in [0, 0.05) is 0 Å². The molecular weight excluding hydrogens is 306 g/mol. The summed E-state index contributed by atoms with van der Waals surface area (Å²) in [6, 6.07) is 11.4. The predicted octanol–water partition coefficient (Wildman–Crippen LogP) is 3.52. The number of aromatic hydroxyl groups is 2. The molecule has 0 aromatic heterocycles. The van der Waals surface area contributed by atoms with Crippen LogP contribution in [0.1, 0.15) is 6.42 Å². The standard InChI is InChI=1S/C19H17NO4/c21-14-5-3-4-12(10-14)13-8-9-17(18(22)11-13)20-16-7-2-1-6-15(16)19(23)24/h1-6,8-11,16,20-22H,7H2,(H,23,24). The van der Waals surface area contributed by atoms with E-state index in [-0.39, 0.29) is 17.1 Å². The number of phenolic OH excluding ortho intramolecular Hbond substituents is 2. The molecule has 0 radical (unpaired) electrons. The van der Waals surface area contributed by atoms with E-state index in [4.69, 9.17) is 0 Å². The van der Waals surface area contributed by atoms with Gasteiger partial charge in [0.25, 0.3) is 0 Å². The second kappa shape index (κ2) is 6.50. The molecule has 1 unspecified atom stereocenters. The maximum Gasteiger partial charge on any atom is 0.333 e. The number of hydrogen-bond acceptors (Lipinski definition) is 4. The van der Waals surface area contributed by atoms with Crippen molar-refractivity contribution in [2.75, 3.05) is 5.32 Å². The molecule has 24 heavy (non-hydrogen) atoms. The Morgan fingerprint density at radius 3 is 2.58 bits per heavy atom. The van der Waals surface area contributed by atoms with Gasteiger partial charge in [-0.1, -0.05) is 30.4 Å². The lowest BCUT2D eigenvalue weighted by molar-refractivity contribution is -0.132. The Kier molecular flexibility index (Phi) is 4.24. The van der Waals surface area contributed by atoms with E-state index in [1.54, 1.807) is 48.6 Å². The number of hydrogen-bond donors (Lipinski definition) is 4. The van der Waals surface area contributed by atoms with Crippen LogP contribution in [-0.4, -0.2) is 27.3 Å². The summed E-state index contributed by atoms with van der Waals surface area (Å²) in [5.74, 6) is -0.803. The molecule has 0 amide bonds. The second-order valence-electron chi connectivity index (χ2n) is 5.57. The fourth-order valence-electron chi connectivity index (χ4n) is 2.69. The van der Waals surface area contributed by atoms with E-state index in [0.717, 1.165) is 11.1 Å². The number of aliphatic carboxylic acids is 1. The molecule has 0 fully saturated rings. The molecule has 5 nitrogen and oxygen atoms in total. The first-order valence-electron chi connectivity index (χ1n) is 7.53. The normalized spacial score (nSPS) is 16.5. The Morgan fingerprint density at radius 2 is 1.88 bits per heavy atom. The minimum absolute atomic E-state index is 0.0233. The Morgan fingerprint density at radius 1 is 1.08 bits per heavy atom. The van der Waals surface area contributed by atoms with Crippen molar-refractivity contribution in [2.24, 2.45) is 0 Å². The zero-order valence-electron chi connectivity index (χ0n) is 12.8. The summed E-state index contributed by atoms with van der Waals surface area (Å²) in [4.78, 5) is 11.3. The smallest absolute Gasteiger partial charge is 0.333 e. The lowest BCUT2D eigenvalue weighted by Gasteiger charge is -2.22. The monoisotopic (exact) mass is 323 g/mol. The number of anilines is 1. The molecule has 0 heterocycles. The van der Waals surface area contributed by atoms with Crippen molar-refractivity contribution >= 4 is 11.7 Å². The number of rotatable bonds is 4. The lowest BCUT2D eigenvalue weighted by Crippen LogP contribution is -2.27. The van der Waals surface area contributed by atoms with Gasteiger partial charge in [-0.3, -0.25) is 0 Å². The minimum atomic E-state index is -0.979. The van der Waals surface area contributed by atoms with Crippen LogP contribution in [0.3, 0.4) is 0 Å². The average Bonchev–Trinajstić information content (AvgIpc) is 2.57. The van der Waals surface area contributed by atoms with Crippen LogP contribution < -0.4 is 5.32 Å². The third kappa shape index (κ3) is 3.25. The molecule has 1 aliphatic rings. The van der Waals surface area contributed by atoms with Gasteiger partial charge in [0.15, 0.2) is 0 Å². The van der Waals surface area contributed by atoms with Gasteiger partial charge in [0.2, 0.25) is 0 Å². The van der Waals surface area contributed by atoms with Crippen molar-refractivity contribution in [1.29, 1.82) is 0 Å². The first-order valence-corrected chi connectivity index (χ1v) is 7.53. The summed E-state index contributed by atoms with van der Waals surface area (Å²) < 4.78 is 0. The largest absolute Gasteiger partial charge is 0.508 e. The highest BCUT2D eigenvalue weighted by atomic mass is 16.4. The summed E-state index contributed by atoms with van der Waals surface area (Å²) in [5.41, 5.74) is 2.26. The molecule has 122 valence electrons. The Bertz CT molecular complexity index is 839. The zero-order valence-corrected chi connectivity index (χ0v) is 12.8. The Hall–Kier alpha value is -3.21. The summed E-state index contributed by atoms with van der Waals surface area (Å²) in [5, 5.41) is 32.1. The van der Waals surface area contributed by atoms with Crippen LogP contribution in [-0.2, 0) is 4.79 Å². The molecule has 0 spiro atoms. The van der Waals surface area contributed by atoms with Gasteiger partial charge < -0.3 is 20.6 Å². The van der Waals surface area contributed by atoms with Crippen LogP contribution in [0.2, 0.25) is 0 Å². The Balaban J connectivity index is 1.84. The van der Waals surface area contributed by atoms with Crippen molar-refractivity contribution in [3.8, 4) is 22.6 Å². The summed E-state index contributed by atoms with van der Waals surface area (Å²) in [6.07, 6.45) is 5.68. The van der Waals surface area contributed by atoms with E-state index in [1.165, 1.54) is 0 Å². The highest BCUT2D eigenvalue weighted by Gasteiger charge is 2.21. The maximum atomic E-state index is 11.3. The number of carbonyl (C=O) groups is 1. The summed E-state index contributed by atoms with van der Waals surface area (Å²) >= 11 is 0. The first kappa shape index (κ1) is 15.7. The number of benzene rings is 2. The van der Waals surface area contributed by atoms with Gasteiger partial charge >= 0.3 is 5.97 Å². The molecule has 2 aromatic carbocycles. The first-order chi connectivity index (χ1) is 11.5. The summed E-state index contributed by atoms with van der Waals surface area (Å²) in [7, 11) is 0. The van der Waals surface area contributed by atoms with E-state index < -0.39 is 12.0 Å². The molecular formula is C19H17NO4.